The van der Waals surface area contributed by atoms with Crippen molar-refractivity contribution >= 4 is 17.3 Å². The van der Waals surface area contributed by atoms with Crippen molar-refractivity contribution in [3.63, 3.8) is 0 Å². The smallest absolute Gasteiger partial charge is 0.255 e. The first kappa shape index (κ1) is 20.1. The largest absolute Gasteiger partial charge is 0.494 e. The van der Waals surface area contributed by atoms with Crippen LogP contribution in [0, 0.1) is 5.92 Å². The second kappa shape index (κ2) is 9.49. The molecule has 0 radical (unpaired) electrons. The highest BCUT2D eigenvalue weighted by Gasteiger charge is 2.16. The SMILES string of the molecule is CCOc1cc(OCC)cc(C(=O)Nc2ccc(N3CCC(C)CC3)cc2)c1. The average molecular weight is 383 g/mol. The molecule has 5 heteroatoms. The van der Waals surface area contributed by atoms with Crippen molar-refractivity contribution in [2.24, 2.45) is 5.92 Å². The van der Waals surface area contributed by atoms with E-state index in [1.165, 1.54) is 18.5 Å². The van der Waals surface area contributed by atoms with Crippen molar-refractivity contribution in [3.8, 4) is 11.5 Å². The van der Waals surface area contributed by atoms with Crippen LogP contribution in [0.25, 0.3) is 0 Å². The quantitative estimate of drug-likeness (QED) is 0.734. The number of nitrogens with one attached hydrogen (secondary N) is 1. The summed E-state index contributed by atoms with van der Waals surface area (Å²) < 4.78 is 11.1. The van der Waals surface area contributed by atoms with Gasteiger partial charge in [-0.15, -0.1) is 0 Å². The van der Waals surface area contributed by atoms with Crippen molar-refractivity contribution in [1.82, 2.24) is 0 Å². The number of rotatable bonds is 7. The summed E-state index contributed by atoms with van der Waals surface area (Å²) in [7, 11) is 0. The van der Waals surface area contributed by atoms with E-state index < -0.39 is 0 Å². The van der Waals surface area contributed by atoms with Gasteiger partial charge in [0.1, 0.15) is 11.5 Å². The molecule has 0 atom stereocenters. The molecule has 1 fully saturated rings. The molecule has 1 N–H and O–H groups in total. The van der Waals surface area contributed by atoms with Gasteiger partial charge in [0.05, 0.1) is 13.2 Å². The predicted octanol–water partition coefficient (Wildman–Crippen LogP) is 4.97. The standard InChI is InChI=1S/C23H30N2O3/c1-4-27-21-14-18(15-22(16-21)28-5-2)23(26)24-19-6-8-20(9-7-19)25-12-10-17(3)11-13-25/h6-9,14-17H,4-5,10-13H2,1-3H3,(H,24,26). The van der Waals surface area contributed by atoms with Gasteiger partial charge in [-0.05, 0) is 69.0 Å². The van der Waals surface area contributed by atoms with Crippen molar-refractivity contribution in [2.75, 3.05) is 36.5 Å². The zero-order valence-corrected chi connectivity index (χ0v) is 17.0. The van der Waals surface area contributed by atoms with Crippen LogP contribution in [0.2, 0.25) is 0 Å². The summed E-state index contributed by atoms with van der Waals surface area (Å²) >= 11 is 0. The van der Waals surface area contributed by atoms with E-state index in [2.05, 4.69) is 29.3 Å². The summed E-state index contributed by atoms with van der Waals surface area (Å²) in [5.41, 5.74) is 2.50. The minimum atomic E-state index is -0.179. The molecular weight excluding hydrogens is 352 g/mol. The molecule has 1 aliphatic heterocycles. The van der Waals surface area contributed by atoms with Crippen molar-refractivity contribution < 1.29 is 14.3 Å². The summed E-state index contributed by atoms with van der Waals surface area (Å²) in [4.78, 5) is 15.1. The third-order valence-corrected chi connectivity index (χ3v) is 5.04. The molecule has 1 amide bonds. The van der Waals surface area contributed by atoms with Gasteiger partial charge >= 0.3 is 0 Å². The third kappa shape index (κ3) is 5.18. The Balaban J connectivity index is 1.68. The average Bonchev–Trinajstić information content (AvgIpc) is 2.69. The van der Waals surface area contributed by atoms with Gasteiger partial charge in [0.25, 0.3) is 5.91 Å². The van der Waals surface area contributed by atoms with E-state index in [9.17, 15) is 4.79 Å². The van der Waals surface area contributed by atoms with Crippen LogP contribution in [0.3, 0.4) is 0 Å². The number of anilines is 2. The molecule has 0 aliphatic carbocycles. The van der Waals surface area contributed by atoms with E-state index in [4.69, 9.17) is 9.47 Å². The molecular formula is C23H30N2O3. The van der Waals surface area contributed by atoms with E-state index >= 15 is 0 Å². The molecule has 2 aromatic carbocycles. The molecule has 0 unspecified atom stereocenters. The maximum absolute atomic E-state index is 12.7. The van der Waals surface area contributed by atoms with Crippen LogP contribution in [0.4, 0.5) is 11.4 Å². The molecule has 1 aliphatic rings. The number of piperidine rings is 1. The minimum absolute atomic E-state index is 0.179. The van der Waals surface area contributed by atoms with Gasteiger partial charge in [-0.2, -0.15) is 0 Å². The third-order valence-electron chi connectivity index (χ3n) is 5.04. The Labute approximate surface area is 167 Å². The maximum atomic E-state index is 12.7. The first-order valence-electron chi connectivity index (χ1n) is 10.2. The number of carbonyl (C=O) groups is 1. The van der Waals surface area contributed by atoms with E-state index in [1.807, 2.05) is 26.0 Å². The lowest BCUT2D eigenvalue weighted by atomic mass is 9.99. The Bertz CT molecular complexity index is 757. The van der Waals surface area contributed by atoms with Crippen LogP contribution >= 0.6 is 0 Å². The van der Waals surface area contributed by atoms with Crippen molar-refractivity contribution in [3.05, 3.63) is 48.0 Å². The van der Waals surface area contributed by atoms with E-state index in [0.29, 0.717) is 30.3 Å². The zero-order valence-electron chi connectivity index (χ0n) is 17.0. The molecule has 150 valence electrons. The molecule has 0 bridgehead atoms. The highest BCUT2D eigenvalue weighted by atomic mass is 16.5. The van der Waals surface area contributed by atoms with Crippen LogP contribution in [-0.4, -0.2) is 32.2 Å². The molecule has 0 saturated carbocycles. The first-order valence-corrected chi connectivity index (χ1v) is 10.2. The van der Waals surface area contributed by atoms with Gasteiger partial charge in [0.15, 0.2) is 0 Å². The molecule has 28 heavy (non-hydrogen) atoms. The second-order valence-electron chi connectivity index (χ2n) is 7.23. The van der Waals surface area contributed by atoms with Gasteiger partial charge in [0, 0.05) is 36.1 Å². The van der Waals surface area contributed by atoms with Crippen LogP contribution in [0.15, 0.2) is 42.5 Å². The van der Waals surface area contributed by atoms with Gasteiger partial charge < -0.3 is 19.7 Å². The Morgan fingerprint density at radius 3 is 2.11 bits per heavy atom. The van der Waals surface area contributed by atoms with E-state index in [-0.39, 0.29) is 5.91 Å². The summed E-state index contributed by atoms with van der Waals surface area (Å²) in [6.45, 7) is 9.40. The van der Waals surface area contributed by atoms with Crippen LogP contribution in [0.5, 0.6) is 11.5 Å². The summed E-state index contributed by atoms with van der Waals surface area (Å²) in [5.74, 6) is 1.90. The molecule has 2 aromatic rings. The Kier molecular flexibility index (Phi) is 6.80. The number of amides is 1. The number of benzene rings is 2. The van der Waals surface area contributed by atoms with Crippen molar-refractivity contribution in [1.29, 1.82) is 0 Å². The predicted molar refractivity (Wildman–Crippen MR) is 114 cm³/mol. The molecule has 0 aromatic heterocycles. The summed E-state index contributed by atoms with van der Waals surface area (Å²) in [6.07, 6.45) is 2.47. The fraction of sp³-hybridized carbons (Fsp3) is 0.435. The molecule has 3 rings (SSSR count). The second-order valence-corrected chi connectivity index (χ2v) is 7.23. The monoisotopic (exact) mass is 382 g/mol. The lowest BCUT2D eigenvalue weighted by molar-refractivity contribution is 0.102. The minimum Gasteiger partial charge on any atom is -0.494 e. The van der Waals surface area contributed by atoms with Crippen LogP contribution < -0.4 is 19.7 Å². The summed E-state index contributed by atoms with van der Waals surface area (Å²) in [6, 6.07) is 13.4. The highest BCUT2D eigenvalue weighted by molar-refractivity contribution is 6.04. The highest BCUT2D eigenvalue weighted by Crippen LogP contribution is 2.26. The zero-order chi connectivity index (χ0) is 19.9. The van der Waals surface area contributed by atoms with Crippen LogP contribution in [-0.2, 0) is 0 Å². The van der Waals surface area contributed by atoms with Gasteiger partial charge in [-0.25, -0.2) is 0 Å². The lowest BCUT2D eigenvalue weighted by Gasteiger charge is -2.32. The molecule has 5 nitrogen and oxygen atoms in total. The van der Waals surface area contributed by atoms with Crippen LogP contribution in [0.1, 0.15) is 44.0 Å². The van der Waals surface area contributed by atoms with Gasteiger partial charge in [-0.1, -0.05) is 6.92 Å². The van der Waals surface area contributed by atoms with Crippen molar-refractivity contribution in [2.45, 2.75) is 33.6 Å². The summed E-state index contributed by atoms with van der Waals surface area (Å²) in [5, 5.41) is 2.97. The van der Waals surface area contributed by atoms with E-state index in [1.54, 1.807) is 18.2 Å². The Hall–Kier alpha value is -2.69. The maximum Gasteiger partial charge on any atom is 0.255 e. The number of ether oxygens (including phenoxy) is 2. The lowest BCUT2D eigenvalue weighted by Crippen LogP contribution is -2.32. The molecule has 1 heterocycles. The Morgan fingerprint density at radius 2 is 1.57 bits per heavy atom. The number of hydrogen-bond donors (Lipinski definition) is 1. The Morgan fingerprint density at radius 1 is 1.00 bits per heavy atom. The molecule has 0 spiro atoms. The fourth-order valence-electron chi connectivity index (χ4n) is 3.43. The number of hydrogen-bond acceptors (Lipinski definition) is 4. The topological polar surface area (TPSA) is 50.8 Å². The number of carbonyl (C=O) groups excluding carboxylic acids is 1. The van der Waals surface area contributed by atoms with E-state index in [0.717, 1.165) is 24.7 Å². The van der Waals surface area contributed by atoms with Gasteiger partial charge in [-0.3, -0.25) is 4.79 Å². The number of nitrogens with zero attached hydrogens (tertiary/aromatic N) is 1. The molecule has 1 saturated heterocycles. The first-order chi connectivity index (χ1) is 13.6. The fourth-order valence-corrected chi connectivity index (χ4v) is 3.43. The van der Waals surface area contributed by atoms with Gasteiger partial charge in [0.2, 0.25) is 0 Å². The normalized spacial score (nSPS) is 14.6.